The molecule has 0 aliphatic carbocycles. The van der Waals surface area contributed by atoms with Crippen LogP contribution in [0.4, 0.5) is 11.5 Å². The number of anilines is 2. The summed E-state index contributed by atoms with van der Waals surface area (Å²) in [6.45, 7) is 0. The molecule has 23 heavy (non-hydrogen) atoms. The Morgan fingerprint density at radius 3 is 2.30 bits per heavy atom. The Hall–Kier alpha value is -3.41. The van der Waals surface area contributed by atoms with E-state index in [-0.39, 0.29) is 0 Å². The Bertz CT molecular complexity index is 941. The monoisotopic (exact) mass is 300 g/mol. The number of nitrogens with one attached hydrogen (secondary N) is 1. The van der Waals surface area contributed by atoms with Gasteiger partial charge in [0.15, 0.2) is 11.6 Å². The average Bonchev–Trinajstić information content (AvgIpc) is 2.63. The van der Waals surface area contributed by atoms with Gasteiger partial charge in [0.2, 0.25) is 0 Å². The lowest BCUT2D eigenvalue weighted by atomic mass is 10.2. The third kappa shape index (κ3) is 2.69. The quantitative estimate of drug-likeness (QED) is 0.626. The van der Waals surface area contributed by atoms with Crippen LogP contribution in [0.3, 0.4) is 0 Å². The van der Waals surface area contributed by atoms with Gasteiger partial charge in [-0.15, -0.1) is 0 Å². The van der Waals surface area contributed by atoms with E-state index in [0.29, 0.717) is 17.5 Å². The zero-order valence-corrected chi connectivity index (χ0v) is 12.1. The highest BCUT2D eigenvalue weighted by Gasteiger charge is 2.11. The number of fused-ring (bicyclic) bond motifs is 1. The van der Waals surface area contributed by atoms with Gasteiger partial charge in [0.1, 0.15) is 5.82 Å². The molecule has 0 spiro atoms. The van der Waals surface area contributed by atoms with Crippen molar-refractivity contribution in [1.29, 1.82) is 0 Å². The van der Waals surface area contributed by atoms with Crippen molar-refractivity contribution < 1.29 is 0 Å². The van der Waals surface area contributed by atoms with Gasteiger partial charge in [-0.1, -0.05) is 12.1 Å². The molecule has 0 unspecified atom stereocenters. The summed E-state index contributed by atoms with van der Waals surface area (Å²) in [6, 6.07) is 13.4. The molecule has 4 rings (SSSR count). The van der Waals surface area contributed by atoms with Crippen LogP contribution < -0.4 is 5.32 Å². The molecule has 3 aromatic heterocycles. The van der Waals surface area contributed by atoms with Crippen LogP contribution in [0, 0.1) is 0 Å². The Labute approximate surface area is 132 Å². The third-order valence-electron chi connectivity index (χ3n) is 3.31. The van der Waals surface area contributed by atoms with Gasteiger partial charge < -0.3 is 5.32 Å². The molecule has 0 bridgehead atoms. The number of nitrogens with zero attached hydrogens (tertiary/aromatic N) is 5. The van der Waals surface area contributed by atoms with E-state index in [9.17, 15) is 0 Å². The van der Waals surface area contributed by atoms with Crippen molar-refractivity contribution in [3.63, 3.8) is 0 Å². The van der Waals surface area contributed by atoms with Crippen LogP contribution in [0.15, 0.2) is 67.3 Å². The van der Waals surface area contributed by atoms with E-state index in [1.54, 1.807) is 30.9 Å². The van der Waals surface area contributed by atoms with Gasteiger partial charge in [-0.2, -0.15) is 0 Å². The molecule has 0 fully saturated rings. The average molecular weight is 300 g/mol. The maximum Gasteiger partial charge on any atom is 0.200 e. The van der Waals surface area contributed by atoms with Gasteiger partial charge >= 0.3 is 0 Å². The second kappa shape index (κ2) is 5.76. The first kappa shape index (κ1) is 13.3. The SMILES string of the molecule is c1cnc(-c2nc(Nc3ccncc3)c3ccccc3n2)nc1. The molecule has 0 atom stereocenters. The van der Waals surface area contributed by atoms with Crippen molar-refractivity contribution in [3.8, 4) is 11.6 Å². The Kier molecular flexibility index (Phi) is 3.32. The molecule has 0 saturated carbocycles. The van der Waals surface area contributed by atoms with Crippen LogP contribution in [0.1, 0.15) is 0 Å². The van der Waals surface area contributed by atoms with Crippen molar-refractivity contribution in [3.05, 3.63) is 67.3 Å². The first-order chi connectivity index (χ1) is 11.4. The summed E-state index contributed by atoms with van der Waals surface area (Å²) < 4.78 is 0. The zero-order valence-electron chi connectivity index (χ0n) is 12.1. The number of rotatable bonds is 3. The van der Waals surface area contributed by atoms with Crippen LogP contribution in [0.5, 0.6) is 0 Å². The van der Waals surface area contributed by atoms with Crippen LogP contribution in [-0.4, -0.2) is 24.9 Å². The van der Waals surface area contributed by atoms with E-state index in [4.69, 9.17) is 0 Å². The minimum Gasteiger partial charge on any atom is -0.340 e. The number of hydrogen-bond donors (Lipinski definition) is 1. The lowest BCUT2D eigenvalue weighted by Gasteiger charge is -2.10. The van der Waals surface area contributed by atoms with Crippen molar-refractivity contribution in [2.75, 3.05) is 5.32 Å². The number of hydrogen-bond acceptors (Lipinski definition) is 6. The maximum absolute atomic E-state index is 4.60. The lowest BCUT2D eigenvalue weighted by molar-refractivity contribution is 1.10. The summed E-state index contributed by atoms with van der Waals surface area (Å²) >= 11 is 0. The first-order valence-electron chi connectivity index (χ1n) is 7.11. The summed E-state index contributed by atoms with van der Waals surface area (Å²) in [6.07, 6.45) is 6.81. The smallest absolute Gasteiger partial charge is 0.200 e. The molecule has 6 heteroatoms. The normalized spacial score (nSPS) is 10.6. The van der Waals surface area contributed by atoms with Gasteiger partial charge in [0.25, 0.3) is 0 Å². The van der Waals surface area contributed by atoms with Crippen LogP contribution in [0.2, 0.25) is 0 Å². The minimum atomic E-state index is 0.487. The fourth-order valence-corrected chi connectivity index (χ4v) is 2.26. The third-order valence-corrected chi connectivity index (χ3v) is 3.31. The summed E-state index contributed by atoms with van der Waals surface area (Å²) in [5.74, 6) is 1.70. The first-order valence-corrected chi connectivity index (χ1v) is 7.11. The number of aromatic nitrogens is 5. The van der Waals surface area contributed by atoms with Gasteiger partial charge in [-0.3, -0.25) is 4.98 Å². The van der Waals surface area contributed by atoms with Crippen molar-refractivity contribution >= 4 is 22.4 Å². The number of pyridine rings is 1. The molecule has 0 amide bonds. The predicted molar refractivity (Wildman–Crippen MR) is 88.1 cm³/mol. The second-order valence-corrected chi connectivity index (χ2v) is 4.85. The molecular formula is C17H12N6. The molecule has 0 radical (unpaired) electrons. The van der Waals surface area contributed by atoms with Gasteiger partial charge in [-0.25, -0.2) is 19.9 Å². The Morgan fingerprint density at radius 2 is 1.48 bits per heavy atom. The topological polar surface area (TPSA) is 76.5 Å². The number of para-hydroxylation sites is 1. The molecule has 1 N–H and O–H groups in total. The van der Waals surface area contributed by atoms with Gasteiger partial charge in [0, 0.05) is 35.9 Å². The van der Waals surface area contributed by atoms with E-state index in [1.807, 2.05) is 36.4 Å². The van der Waals surface area contributed by atoms with Crippen molar-refractivity contribution in [2.45, 2.75) is 0 Å². The fourth-order valence-electron chi connectivity index (χ4n) is 2.26. The van der Waals surface area contributed by atoms with E-state index in [0.717, 1.165) is 16.6 Å². The molecule has 6 nitrogen and oxygen atoms in total. The molecule has 0 aliphatic heterocycles. The molecule has 4 aromatic rings. The van der Waals surface area contributed by atoms with E-state index >= 15 is 0 Å². The standard InChI is InChI=1S/C17H12N6/c1-2-5-14-13(4-1)15(21-12-6-10-18-11-7-12)23-17(22-14)16-19-8-3-9-20-16/h1-11H,(H,18,21,22,23). The Morgan fingerprint density at radius 1 is 0.696 bits per heavy atom. The van der Waals surface area contributed by atoms with E-state index < -0.39 is 0 Å². The van der Waals surface area contributed by atoms with E-state index in [1.165, 1.54) is 0 Å². The summed E-state index contributed by atoms with van der Waals surface area (Å²) in [5.41, 5.74) is 1.74. The molecule has 110 valence electrons. The highest BCUT2D eigenvalue weighted by molar-refractivity contribution is 5.91. The molecular weight excluding hydrogens is 288 g/mol. The van der Waals surface area contributed by atoms with Crippen LogP contribution in [0.25, 0.3) is 22.6 Å². The van der Waals surface area contributed by atoms with Gasteiger partial charge in [0.05, 0.1) is 5.52 Å². The summed E-state index contributed by atoms with van der Waals surface area (Å²) in [7, 11) is 0. The molecule has 3 heterocycles. The Balaban J connectivity index is 1.87. The lowest BCUT2D eigenvalue weighted by Crippen LogP contribution is -2.01. The van der Waals surface area contributed by atoms with Crippen molar-refractivity contribution in [2.24, 2.45) is 0 Å². The zero-order chi connectivity index (χ0) is 15.5. The largest absolute Gasteiger partial charge is 0.340 e. The minimum absolute atomic E-state index is 0.487. The summed E-state index contributed by atoms with van der Waals surface area (Å²) in [4.78, 5) is 21.6. The summed E-state index contributed by atoms with van der Waals surface area (Å²) in [5, 5.41) is 4.24. The van der Waals surface area contributed by atoms with Crippen molar-refractivity contribution in [1.82, 2.24) is 24.9 Å². The van der Waals surface area contributed by atoms with Crippen LogP contribution >= 0.6 is 0 Å². The molecule has 0 saturated heterocycles. The van der Waals surface area contributed by atoms with Gasteiger partial charge in [-0.05, 0) is 30.3 Å². The highest BCUT2D eigenvalue weighted by atomic mass is 15.1. The molecule has 0 aliphatic rings. The second-order valence-electron chi connectivity index (χ2n) is 4.85. The number of benzene rings is 1. The van der Waals surface area contributed by atoms with Crippen LogP contribution in [-0.2, 0) is 0 Å². The highest BCUT2D eigenvalue weighted by Crippen LogP contribution is 2.25. The predicted octanol–water partition coefficient (Wildman–Crippen LogP) is 3.23. The molecule has 1 aromatic carbocycles. The van der Waals surface area contributed by atoms with E-state index in [2.05, 4.69) is 30.2 Å². The fraction of sp³-hybridized carbons (Fsp3) is 0. The maximum atomic E-state index is 4.60.